The standard InChI is InChI=1S/C5H11NO2/c1-5(2,8-3)4-6-7/h4,7H,1-3H3/b6-4+. The minimum atomic E-state index is -0.450. The van der Waals surface area contributed by atoms with Gasteiger partial charge < -0.3 is 9.94 Å². The molecule has 0 unspecified atom stereocenters. The van der Waals surface area contributed by atoms with Gasteiger partial charge in [-0.25, -0.2) is 0 Å². The molecular weight excluding hydrogens is 106 g/mol. The smallest absolute Gasteiger partial charge is 0.100 e. The van der Waals surface area contributed by atoms with Crippen LogP contribution < -0.4 is 0 Å². The Bertz CT molecular complexity index is 88.4. The molecule has 0 saturated heterocycles. The molecule has 3 nitrogen and oxygen atoms in total. The first-order valence-electron chi connectivity index (χ1n) is 2.36. The van der Waals surface area contributed by atoms with Crippen molar-refractivity contribution < 1.29 is 9.94 Å². The second kappa shape index (κ2) is 2.67. The fourth-order valence-electron chi connectivity index (χ4n) is 0.192. The first-order valence-corrected chi connectivity index (χ1v) is 2.36. The normalized spacial score (nSPS) is 12.9. The zero-order chi connectivity index (χ0) is 6.62. The van der Waals surface area contributed by atoms with E-state index >= 15 is 0 Å². The van der Waals surface area contributed by atoms with E-state index in [4.69, 9.17) is 9.94 Å². The second-order valence-corrected chi connectivity index (χ2v) is 2.05. The summed E-state index contributed by atoms with van der Waals surface area (Å²) in [5.41, 5.74) is -0.450. The number of methoxy groups -OCH3 is 1. The highest BCUT2D eigenvalue weighted by atomic mass is 16.5. The lowest BCUT2D eigenvalue weighted by Crippen LogP contribution is -2.23. The van der Waals surface area contributed by atoms with Crippen LogP contribution in [0.15, 0.2) is 5.16 Å². The monoisotopic (exact) mass is 117 g/mol. The van der Waals surface area contributed by atoms with Crippen LogP contribution in [0.3, 0.4) is 0 Å². The highest BCUT2D eigenvalue weighted by Gasteiger charge is 2.11. The van der Waals surface area contributed by atoms with Crippen LogP contribution in [-0.2, 0) is 4.74 Å². The van der Waals surface area contributed by atoms with Crippen molar-refractivity contribution in [3.63, 3.8) is 0 Å². The molecule has 1 N–H and O–H groups in total. The molecule has 0 aliphatic carbocycles. The topological polar surface area (TPSA) is 41.8 Å². The molecule has 0 fully saturated rings. The largest absolute Gasteiger partial charge is 0.411 e. The van der Waals surface area contributed by atoms with E-state index in [1.54, 1.807) is 21.0 Å². The number of nitrogens with zero attached hydrogens (tertiary/aromatic N) is 1. The molecule has 0 rings (SSSR count). The molecule has 3 heteroatoms. The van der Waals surface area contributed by atoms with Crippen LogP contribution in [0.5, 0.6) is 0 Å². The predicted octanol–water partition coefficient (Wildman–Crippen LogP) is 0.871. The third-order valence-corrected chi connectivity index (χ3v) is 0.895. The van der Waals surface area contributed by atoms with E-state index in [0.717, 1.165) is 0 Å². The molecule has 0 aliphatic heterocycles. The average molecular weight is 117 g/mol. The molecule has 0 amide bonds. The van der Waals surface area contributed by atoms with Crippen molar-refractivity contribution in [2.75, 3.05) is 7.11 Å². The molecule has 0 heterocycles. The number of ether oxygens (including phenoxy) is 1. The van der Waals surface area contributed by atoms with E-state index in [1.165, 1.54) is 6.21 Å². The van der Waals surface area contributed by atoms with E-state index in [9.17, 15) is 0 Å². The van der Waals surface area contributed by atoms with Gasteiger partial charge >= 0.3 is 0 Å². The fraction of sp³-hybridized carbons (Fsp3) is 0.800. The Balaban J connectivity index is 3.71. The number of hydrogen-bond donors (Lipinski definition) is 1. The maximum Gasteiger partial charge on any atom is 0.100 e. The second-order valence-electron chi connectivity index (χ2n) is 2.05. The van der Waals surface area contributed by atoms with E-state index in [0.29, 0.717) is 0 Å². The number of oxime groups is 1. The number of hydrogen-bond acceptors (Lipinski definition) is 3. The number of rotatable bonds is 2. The zero-order valence-electron chi connectivity index (χ0n) is 5.38. The van der Waals surface area contributed by atoms with Gasteiger partial charge in [0.1, 0.15) is 5.60 Å². The van der Waals surface area contributed by atoms with Crippen LogP contribution in [0.4, 0.5) is 0 Å². The third kappa shape index (κ3) is 2.58. The summed E-state index contributed by atoms with van der Waals surface area (Å²) in [6, 6.07) is 0. The minimum Gasteiger partial charge on any atom is -0.411 e. The highest BCUT2D eigenvalue weighted by Crippen LogP contribution is 2.01. The zero-order valence-corrected chi connectivity index (χ0v) is 5.38. The highest BCUT2D eigenvalue weighted by molar-refractivity contribution is 5.66. The Morgan fingerprint density at radius 1 is 1.62 bits per heavy atom. The summed E-state index contributed by atoms with van der Waals surface area (Å²) in [5.74, 6) is 0. The van der Waals surface area contributed by atoms with Crippen molar-refractivity contribution in [1.82, 2.24) is 0 Å². The van der Waals surface area contributed by atoms with E-state index in [-0.39, 0.29) is 0 Å². The molecule has 0 aliphatic rings. The minimum absolute atomic E-state index is 0.450. The summed E-state index contributed by atoms with van der Waals surface area (Å²) >= 11 is 0. The van der Waals surface area contributed by atoms with Crippen LogP contribution in [-0.4, -0.2) is 24.1 Å². The van der Waals surface area contributed by atoms with Crippen LogP contribution in [0, 0.1) is 0 Å². The van der Waals surface area contributed by atoms with Crippen molar-refractivity contribution in [2.24, 2.45) is 5.16 Å². The fourth-order valence-corrected chi connectivity index (χ4v) is 0.192. The Labute approximate surface area is 49.0 Å². The van der Waals surface area contributed by atoms with Gasteiger partial charge in [-0.1, -0.05) is 5.16 Å². The van der Waals surface area contributed by atoms with E-state index < -0.39 is 5.60 Å². The first-order chi connectivity index (χ1) is 3.62. The summed E-state index contributed by atoms with van der Waals surface area (Å²) < 4.78 is 4.87. The summed E-state index contributed by atoms with van der Waals surface area (Å²) in [6.07, 6.45) is 1.33. The van der Waals surface area contributed by atoms with E-state index in [1.807, 2.05) is 0 Å². The Kier molecular flexibility index (Phi) is 2.48. The van der Waals surface area contributed by atoms with E-state index in [2.05, 4.69) is 5.16 Å². The molecule has 0 bridgehead atoms. The van der Waals surface area contributed by atoms with Gasteiger partial charge in [-0.15, -0.1) is 0 Å². The molecule has 0 saturated carbocycles. The van der Waals surface area contributed by atoms with Crippen molar-refractivity contribution in [3.8, 4) is 0 Å². The molecule has 0 atom stereocenters. The molecule has 48 valence electrons. The van der Waals surface area contributed by atoms with Gasteiger partial charge in [0.15, 0.2) is 0 Å². The van der Waals surface area contributed by atoms with Gasteiger partial charge in [0, 0.05) is 7.11 Å². The summed E-state index contributed by atoms with van der Waals surface area (Å²) in [4.78, 5) is 0. The van der Waals surface area contributed by atoms with Gasteiger partial charge in [0.2, 0.25) is 0 Å². The molecule has 0 aromatic rings. The first kappa shape index (κ1) is 7.43. The van der Waals surface area contributed by atoms with Crippen molar-refractivity contribution in [2.45, 2.75) is 19.4 Å². The maximum absolute atomic E-state index is 8.02. The van der Waals surface area contributed by atoms with Gasteiger partial charge in [0.25, 0.3) is 0 Å². The molecule has 0 aromatic heterocycles. The summed E-state index contributed by atoms with van der Waals surface area (Å²) in [5, 5.41) is 10.9. The van der Waals surface area contributed by atoms with Crippen molar-refractivity contribution in [3.05, 3.63) is 0 Å². The maximum atomic E-state index is 8.02. The Morgan fingerprint density at radius 3 is 2.25 bits per heavy atom. The van der Waals surface area contributed by atoms with Crippen LogP contribution in [0.1, 0.15) is 13.8 Å². The Morgan fingerprint density at radius 2 is 2.12 bits per heavy atom. The lowest BCUT2D eigenvalue weighted by molar-refractivity contribution is 0.0843. The quantitative estimate of drug-likeness (QED) is 0.331. The van der Waals surface area contributed by atoms with Gasteiger partial charge in [-0.2, -0.15) is 0 Å². The lowest BCUT2D eigenvalue weighted by atomic mass is 10.2. The lowest BCUT2D eigenvalue weighted by Gasteiger charge is -2.14. The van der Waals surface area contributed by atoms with Crippen LogP contribution >= 0.6 is 0 Å². The molecule has 0 radical (unpaired) electrons. The van der Waals surface area contributed by atoms with Gasteiger partial charge in [-0.05, 0) is 13.8 Å². The average Bonchev–Trinajstić information content (AvgIpc) is 1.67. The Hall–Kier alpha value is -0.570. The van der Waals surface area contributed by atoms with Crippen molar-refractivity contribution in [1.29, 1.82) is 0 Å². The van der Waals surface area contributed by atoms with Crippen LogP contribution in [0.25, 0.3) is 0 Å². The molecule has 8 heavy (non-hydrogen) atoms. The third-order valence-electron chi connectivity index (χ3n) is 0.895. The molecular formula is C5H11NO2. The van der Waals surface area contributed by atoms with Gasteiger partial charge in [0.05, 0.1) is 6.21 Å². The summed E-state index contributed by atoms with van der Waals surface area (Å²) in [6.45, 7) is 3.60. The van der Waals surface area contributed by atoms with Crippen molar-refractivity contribution >= 4 is 6.21 Å². The predicted molar refractivity (Wildman–Crippen MR) is 31.4 cm³/mol. The van der Waals surface area contributed by atoms with Gasteiger partial charge in [-0.3, -0.25) is 0 Å². The van der Waals surface area contributed by atoms with Crippen LogP contribution in [0.2, 0.25) is 0 Å². The molecule has 0 aromatic carbocycles. The molecule has 0 spiro atoms. The summed E-state index contributed by atoms with van der Waals surface area (Å²) in [7, 11) is 1.56. The SMILES string of the molecule is COC(C)(C)/C=N/O.